The highest BCUT2D eigenvalue weighted by molar-refractivity contribution is 7.17. The first-order valence-corrected chi connectivity index (χ1v) is 11.6. The van der Waals surface area contributed by atoms with Crippen molar-refractivity contribution in [2.75, 3.05) is 0 Å². The number of carbonyl (C=O) groups is 1. The molecule has 0 spiro atoms. The number of aryl methyl sites for hydroxylation is 3. The Morgan fingerprint density at radius 1 is 1.00 bits per heavy atom. The molecule has 4 aromatic rings. The van der Waals surface area contributed by atoms with Gasteiger partial charge in [0.25, 0.3) is 11.5 Å². The average molecular weight is 459 g/mol. The minimum absolute atomic E-state index is 0.191. The predicted octanol–water partition coefficient (Wildman–Crippen LogP) is 4.54. The van der Waals surface area contributed by atoms with Crippen LogP contribution in [0.3, 0.4) is 0 Å². The minimum atomic E-state index is -0.218. The van der Waals surface area contributed by atoms with Crippen LogP contribution < -0.4 is 10.9 Å². The minimum Gasteiger partial charge on any atom is -0.344 e. The van der Waals surface area contributed by atoms with Crippen LogP contribution in [0.2, 0.25) is 0 Å². The monoisotopic (exact) mass is 458 g/mol. The molecule has 0 radical (unpaired) electrons. The quantitative estimate of drug-likeness (QED) is 0.460. The summed E-state index contributed by atoms with van der Waals surface area (Å²) < 4.78 is 1.32. The first-order chi connectivity index (χ1) is 15.8. The molecule has 0 fully saturated rings. The standard InChI is InChI=1S/C26H26N4O2S/c1-16-17(2)29-30(4)26(32)22(16)25-27-18(3)23(33-25)24(31)28-21(20-13-9-6-10-14-20)15-19-11-7-5-8-12-19/h5-14,21H,15H2,1-4H3,(H,28,31). The van der Waals surface area contributed by atoms with Crippen LogP contribution in [-0.4, -0.2) is 20.7 Å². The molecular formula is C26H26N4O2S. The second-order valence-corrected chi connectivity index (χ2v) is 9.07. The first-order valence-electron chi connectivity index (χ1n) is 10.8. The third-order valence-corrected chi connectivity index (χ3v) is 6.91. The zero-order valence-corrected chi connectivity index (χ0v) is 19.9. The van der Waals surface area contributed by atoms with E-state index in [1.165, 1.54) is 16.0 Å². The van der Waals surface area contributed by atoms with Crippen LogP contribution in [0.1, 0.15) is 43.8 Å². The van der Waals surface area contributed by atoms with E-state index in [4.69, 9.17) is 0 Å². The SMILES string of the molecule is Cc1nc(-c2c(C)c(C)nn(C)c2=O)sc1C(=O)NC(Cc1ccccc1)c1ccccc1. The van der Waals surface area contributed by atoms with Crippen LogP contribution in [0.4, 0.5) is 0 Å². The lowest BCUT2D eigenvalue weighted by Gasteiger charge is -2.19. The lowest BCUT2D eigenvalue weighted by molar-refractivity contribution is 0.0940. The van der Waals surface area contributed by atoms with E-state index in [2.05, 4.69) is 27.5 Å². The number of hydrogen-bond acceptors (Lipinski definition) is 5. The molecule has 33 heavy (non-hydrogen) atoms. The van der Waals surface area contributed by atoms with E-state index in [9.17, 15) is 9.59 Å². The van der Waals surface area contributed by atoms with Crippen molar-refractivity contribution in [3.05, 3.63) is 104 Å². The Labute approximate surface area is 197 Å². The zero-order chi connectivity index (χ0) is 23.5. The lowest BCUT2D eigenvalue weighted by Crippen LogP contribution is -2.29. The molecule has 2 aromatic heterocycles. The Morgan fingerprint density at radius 2 is 1.64 bits per heavy atom. The summed E-state index contributed by atoms with van der Waals surface area (Å²) in [7, 11) is 1.63. The Morgan fingerprint density at radius 3 is 2.30 bits per heavy atom. The van der Waals surface area contributed by atoms with Gasteiger partial charge in [0.15, 0.2) is 0 Å². The summed E-state index contributed by atoms with van der Waals surface area (Å²) in [5.74, 6) is -0.193. The van der Waals surface area contributed by atoms with Gasteiger partial charge in [-0.15, -0.1) is 11.3 Å². The van der Waals surface area contributed by atoms with Gasteiger partial charge in [-0.25, -0.2) is 9.67 Å². The molecule has 0 saturated carbocycles. The van der Waals surface area contributed by atoms with E-state index in [1.807, 2.05) is 62.4 Å². The highest BCUT2D eigenvalue weighted by Gasteiger charge is 2.23. The number of nitrogens with one attached hydrogen (secondary N) is 1. The van der Waals surface area contributed by atoms with Gasteiger partial charge in [0.2, 0.25) is 0 Å². The number of rotatable bonds is 6. The molecule has 168 valence electrons. The molecule has 2 aromatic carbocycles. The summed E-state index contributed by atoms with van der Waals surface area (Å²) in [6.07, 6.45) is 0.671. The summed E-state index contributed by atoms with van der Waals surface area (Å²) in [6.45, 7) is 5.53. The molecule has 1 amide bonds. The van der Waals surface area contributed by atoms with E-state index >= 15 is 0 Å². The highest BCUT2D eigenvalue weighted by Crippen LogP contribution is 2.29. The summed E-state index contributed by atoms with van der Waals surface area (Å²) in [5.41, 5.74) is 4.61. The fraction of sp³-hybridized carbons (Fsp3) is 0.231. The normalized spacial score (nSPS) is 11.9. The van der Waals surface area contributed by atoms with Gasteiger partial charge in [-0.2, -0.15) is 5.10 Å². The van der Waals surface area contributed by atoms with Crippen molar-refractivity contribution in [2.24, 2.45) is 7.05 Å². The number of benzene rings is 2. The summed E-state index contributed by atoms with van der Waals surface area (Å²) in [4.78, 5) is 31.2. The van der Waals surface area contributed by atoms with Crippen molar-refractivity contribution < 1.29 is 4.79 Å². The summed E-state index contributed by atoms with van der Waals surface area (Å²) in [6, 6.07) is 19.8. The summed E-state index contributed by atoms with van der Waals surface area (Å²) >= 11 is 1.25. The van der Waals surface area contributed by atoms with E-state index in [-0.39, 0.29) is 17.5 Å². The van der Waals surface area contributed by atoms with Gasteiger partial charge in [-0.05, 0) is 43.9 Å². The Hall–Kier alpha value is -3.58. The van der Waals surface area contributed by atoms with Gasteiger partial charge in [-0.1, -0.05) is 60.7 Å². The fourth-order valence-corrected chi connectivity index (χ4v) is 4.89. The van der Waals surface area contributed by atoms with Gasteiger partial charge in [-0.3, -0.25) is 9.59 Å². The zero-order valence-electron chi connectivity index (χ0n) is 19.1. The van der Waals surface area contributed by atoms with Crippen LogP contribution in [0.5, 0.6) is 0 Å². The Kier molecular flexibility index (Phi) is 6.51. The molecule has 1 N–H and O–H groups in total. The average Bonchev–Trinajstić information content (AvgIpc) is 3.20. The maximum atomic E-state index is 13.4. The largest absolute Gasteiger partial charge is 0.344 e. The van der Waals surface area contributed by atoms with Crippen molar-refractivity contribution in [3.63, 3.8) is 0 Å². The molecule has 0 aliphatic heterocycles. The van der Waals surface area contributed by atoms with Gasteiger partial charge in [0, 0.05) is 7.05 Å². The van der Waals surface area contributed by atoms with Crippen LogP contribution in [-0.2, 0) is 13.5 Å². The molecule has 2 heterocycles. The molecule has 6 nitrogen and oxygen atoms in total. The van der Waals surface area contributed by atoms with E-state index in [1.54, 1.807) is 14.0 Å². The molecule has 7 heteroatoms. The smallest absolute Gasteiger partial charge is 0.277 e. The second kappa shape index (κ2) is 9.50. The van der Waals surface area contributed by atoms with Gasteiger partial charge in [0.1, 0.15) is 9.88 Å². The second-order valence-electron chi connectivity index (χ2n) is 8.07. The third-order valence-electron chi connectivity index (χ3n) is 5.73. The fourth-order valence-electron chi connectivity index (χ4n) is 3.83. The van der Waals surface area contributed by atoms with E-state index in [0.717, 1.165) is 22.4 Å². The van der Waals surface area contributed by atoms with Crippen LogP contribution in [0, 0.1) is 20.8 Å². The molecular weight excluding hydrogens is 432 g/mol. The highest BCUT2D eigenvalue weighted by atomic mass is 32.1. The van der Waals surface area contributed by atoms with Crippen molar-refractivity contribution in [2.45, 2.75) is 33.2 Å². The number of amides is 1. The van der Waals surface area contributed by atoms with Crippen LogP contribution in [0.25, 0.3) is 10.6 Å². The topological polar surface area (TPSA) is 76.9 Å². The molecule has 1 unspecified atom stereocenters. The number of nitrogens with zero attached hydrogens (tertiary/aromatic N) is 3. The number of hydrogen-bond donors (Lipinski definition) is 1. The Balaban J connectivity index is 1.67. The molecule has 4 rings (SSSR count). The van der Waals surface area contributed by atoms with Crippen molar-refractivity contribution in [1.82, 2.24) is 20.1 Å². The molecule has 1 atom stereocenters. The maximum absolute atomic E-state index is 13.4. The van der Waals surface area contributed by atoms with Crippen molar-refractivity contribution in [3.8, 4) is 10.6 Å². The molecule has 0 bridgehead atoms. The molecule has 0 aliphatic carbocycles. The van der Waals surface area contributed by atoms with Crippen molar-refractivity contribution >= 4 is 17.2 Å². The number of carbonyl (C=O) groups excluding carboxylic acids is 1. The number of aromatic nitrogens is 3. The lowest BCUT2D eigenvalue weighted by atomic mass is 9.99. The summed E-state index contributed by atoms with van der Waals surface area (Å²) in [5, 5.41) is 7.97. The Bertz CT molecular complexity index is 1340. The van der Waals surface area contributed by atoms with Gasteiger partial charge in [0.05, 0.1) is 23.0 Å². The van der Waals surface area contributed by atoms with Crippen LogP contribution >= 0.6 is 11.3 Å². The predicted molar refractivity (Wildman–Crippen MR) is 132 cm³/mol. The van der Waals surface area contributed by atoms with Crippen LogP contribution in [0.15, 0.2) is 65.5 Å². The third kappa shape index (κ3) is 4.78. The van der Waals surface area contributed by atoms with E-state index in [0.29, 0.717) is 27.6 Å². The van der Waals surface area contributed by atoms with Gasteiger partial charge >= 0.3 is 0 Å². The first kappa shape index (κ1) is 22.6. The van der Waals surface area contributed by atoms with Gasteiger partial charge < -0.3 is 5.32 Å². The van der Waals surface area contributed by atoms with E-state index < -0.39 is 0 Å². The maximum Gasteiger partial charge on any atom is 0.277 e. The van der Waals surface area contributed by atoms with Crippen molar-refractivity contribution in [1.29, 1.82) is 0 Å². The molecule has 0 aliphatic rings. The molecule has 0 saturated heterocycles. The number of thiazole rings is 1.